The zero-order valence-corrected chi connectivity index (χ0v) is 12.0. The lowest BCUT2D eigenvalue weighted by Gasteiger charge is -2.25. The molecular formula is C13H25N3O3. The molecule has 6 heteroatoms. The minimum absolute atomic E-state index is 0.0414. The van der Waals surface area contributed by atoms with E-state index in [2.05, 4.69) is 5.32 Å². The molecule has 0 spiro atoms. The Morgan fingerprint density at radius 2 is 1.79 bits per heavy atom. The van der Waals surface area contributed by atoms with E-state index in [1.807, 2.05) is 0 Å². The summed E-state index contributed by atoms with van der Waals surface area (Å²) in [5.41, 5.74) is 9.56. The van der Waals surface area contributed by atoms with Crippen LogP contribution < -0.4 is 16.8 Å². The van der Waals surface area contributed by atoms with Crippen LogP contribution in [0.4, 0.5) is 0 Å². The number of amides is 2. The van der Waals surface area contributed by atoms with Crippen molar-refractivity contribution in [1.82, 2.24) is 5.32 Å². The summed E-state index contributed by atoms with van der Waals surface area (Å²) in [6.07, 6.45) is 2.12. The molecule has 0 rings (SSSR count). The SMILES string of the molecule is CC(=O)CC[C@@H](CCCN)C(=O)NC(C)(C)C(N)=O. The molecule has 0 saturated carbocycles. The fourth-order valence-electron chi connectivity index (χ4n) is 1.62. The number of ketones is 1. The third-order valence-corrected chi connectivity index (χ3v) is 3.02. The van der Waals surface area contributed by atoms with E-state index in [9.17, 15) is 14.4 Å². The fourth-order valence-corrected chi connectivity index (χ4v) is 1.62. The van der Waals surface area contributed by atoms with Gasteiger partial charge in [0.1, 0.15) is 11.3 Å². The molecule has 0 aliphatic carbocycles. The molecule has 6 nitrogen and oxygen atoms in total. The zero-order chi connectivity index (χ0) is 15.1. The van der Waals surface area contributed by atoms with Crippen LogP contribution in [0, 0.1) is 5.92 Å². The van der Waals surface area contributed by atoms with Crippen molar-refractivity contribution in [2.75, 3.05) is 6.54 Å². The number of carbonyl (C=O) groups is 3. The van der Waals surface area contributed by atoms with E-state index in [0.717, 1.165) is 0 Å². The first-order chi connectivity index (χ1) is 8.70. The second-order valence-electron chi connectivity index (χ2n) is 5.35. The standard InChI is InChI=1S/C13H25N3O3/c1-9(17)6-7-10(5-4-8-14)11(18)16-13(2,3)12(15)19/h10H,4-8,14H2,1-3H3,(H2,15,19)(H,16,18)/t10-/m1/s1. The van der Waals surface area contributed by atoms with Gasteiger partial charge in [0.25, 0.3) is 0 Å². The van der Waals surface area contributed by atoms with Crippen molar-refractivity contribution in [3.05, 3.63) is 0 Å². The summed E-state index contributed by atoms with van der Waals surface area (Å²) < 4.78 is 0. The summed E-state index contributed by atoms with van der Waals surface area (Å²) >= 11 is 0. The summed E-state index contributed by atoms with van der Waals surface area (Å²) in [6, 6.07) is 0. The molecule has 2 amide bonds. The van der Waals surface area contributed by atoms with Gasteiger partial charge < -0.3 is 21.6 Å². The molecule has 0 aromatic heterocycles. The molecule has 19 heavy (non-hydrogen) atoms. The molecule has 0 aromatic carbocycles. The Bertz CT molecular complexity index is 340. The third-order valence-electron chi connectivity index (χ3n) is 3.02. The van der Waals surface area contributed by atoms with Gasteiger partial charge >= 0.3 is 0 Å². The van der Waals surface area contributed by atoms with Gasteiger partial charge in [0, 0.05) is 12.3 Å². The molecule has 0 saturated heterocycles. The number of primary amides is 1. The van der Waals surface area contributed by atoms with Crippen LogP contribution in [-0.2, 0) is 14.4 Å². The van der Waals surface area contributed by atoms with Crippen LogP contribution in [0.1, 0.15) is 46.5 Å². The van der Waals surface area contributed by atoms with E-state index in [4.69, 9.17) is 11.5 Å². The van der Waals surface area contributed by atoms with Crippen LogP contribution in [-0.4, -0.2) is 29.7 Å². The number of nitrogens with two attached hydrogens (primary N) is 2. The molecule has 0 heterocycles. The Kier molecular flexibility index (Phi) is 7.29. The molecule has 0 aliphatic heterocycles. The first kappa shape index (κ1) is 17.6. The van der Waals surface area contributed by atoms with Gasteiger partial charge in [0.15, 0.2) is 0 Å². The van der Waals surface area contributed by atoms with Gasteiger partial charge in [-0.05, 0) is 46.6 Å². The number of Topliss-reactive ketones (excluding diaryl/α,β-unsaturated/α-hetero) is 1. The minimum atomic E-state index is -1.09. The lowest BCUT2D eigenvalue weighted by atomic mass is 9.93. The van der Waals surface area contributed by atoms with Gasteiger partial charge in [-0.1, -0.05) is 0 Å². The average molecular weight is 271 g/mol. The van der Waals surface area contributed by atoms with Crippen molar-refractivity contribution in [1.29, 1.82) is 0 Å². The second-order valence-corrected chi connectivity index (χ2v) is 5.35. The molecule has 0 aromatic rings. The maximum Gasteiger partial charge on any atom is 0.242 e. The Morgan fingerprint density at radius 1 is 1.21 bits per heavy atom. The first-order valence-electron chi connectivity index (χ1n) is 6.52. The first-order valence-corrected chi connectivity index (χ1v) is 6.52. The Balaban J connectivity index is 4.60. The molecule has 0 fully saturated rings. The highest BCUT2D eigenvalue weighted by molar-refractivity contribution is 5.90. The van der Waals surface area contributed by atoms with E-state index < -0.39 is 11.4 Å². The van der Waals surface area contributed by atoms with E-state index in [-0.39, 0.29) is 17.6 Å². The predicted molar refractivity (Wildman–Crippen MR) is 73.1 cm³/mol. The van der Waals surface area contributed by atoms with Gasteiger partial charge in [0.2, 0.25) is 11.8 Å². The van der Waals surface area contributed by atoms with Crippen molar-refractivity contribution in [3.8, 4) is 0 Å². The van der Waals surface area contributed by atoms with Gasteiger partial charge in [-0.2, -0.15) is 0 Å². The summed E-state index contributed by atoms with van der Waals surface area (Å²) in [5, 5.41) is 2.62. The maximum absolute atomic E-state index is 12.1. The minimum Gasteiger partial charge on any atom is -0.368 e. The van der Waals surface area contributed by atoms with E-state index in [0.29, 0.717) is 32.2 Å². The van der Waals surface area contributed by atoms with Crippen molar-refractivity contribution in [2.45, 2.75) is 52.0 Å². The summed E-state index contributed by atoms with van der Waals surface area (Å²) in [5.74, 6) is -1.12. The fraction of sp³-hybridized carbons (Fsp3) is 0.769. The van der Waals surface area contributed by atoms with E-state index in [1.54, 1.807) is 13.8 Å². The molecule has 0 unspecified atom stereocenters. The van der Waals surface area contributed by atoms with Gasteiger partial charge in [-0.25, -0.2) is 0 Å². The van der Waals surface area contributed by atoms with Crippen LogP contribution >= 0.6 is 0 Å². The highest BCUT2D eigenvalue weighted by Crippen LogP contribution is 2.16. The summed E-state index contributed by atoms with van der Waals surface area (Å²) in [7, 11) is 0. The maximum atomic E-state index is 12.1. The third kappa shape index (κ3) is 6.91. The van der Waals surface area contributed by atoms with Crippen LogP contribution in [0.5, 0.6) is 0 Å². The van der Waals surface area contributed by atoms with Crippen molar-refractivity contribution in [2.24, 2.45) is 17.4 Å². The summed E-state index contributed by atoms with van der Waals surface area (Å²) in [6.45, 7) is 5.09. The molecular weight excluding hydrogens is 246 g/mol. The molecule has 0 bridgehead atoms. The lowest BCUT2D eigenvalue weighted by Crippen LogP contribution is -2.54. The number of carbonyl (C=O) groups excluding carboxylic acids is 3. The molecule has 110 valence electrons. The highest BCUT2D eigenvalue weighted by atomic mass is 16.2. The zero-order valence-electron chi connectivity index (χ0n) is 12.0. The van der Waals surface area contributed by atoms with E-state index in [1.165, 1.54) is 6.92 Å². The van der Waals surface area contributed by atoms with Crippen LogP contribution in [0.3, 0.4) is 0 Å². The molecule has 0 aliphatic rings. The number of rotatable bonds is 9. The number of hydrogen-bond donors (Lipinski definition) is 3. The monoisotopic (exact) mass is 271 g/mol. The van der Waals surface area contributed by atoms with E-state index >= 15 is 0 Å². The Hall–Kier alpha value is -1.43. The second kappa shape index (κ2) is 7.89. The Morgan fingerprint density at radius 3 is 2.21 bits per heavy atom. The quantitative estimate of drug-likeness (QED) is 0.551. The number of nitrogens with one attached hydrogen (secondary N) is 1. The average Bonchev–Trinajstić information content (AvgIpc) is 2.27. The van der Waals surface area contributed by atoms with Crippen LogP contribution in [0.25, 0.3) is 0 Å². The lowest BCUT2D eigenvalue weighted by molar-refractivity contribution is -0.133. The molecule has 5 N–H and O–H groups in total. The number of hydrogen-bond acceptors (Lipinski definition) is 4. The molecule has 1 atom stereocenters. The Labute approximate surface area is 114 Å². The summed E-state index contributed by atoms with van der Waals surface area (Å²) in [4.78, 5) is 34.3. The van der Waals surface area contributed by atoms with Gasteiger partial charge in [-0.15, -0.1) is 0 Å². The largest absolute Gasteiger partial charge is 0.368 e. The van der Waals surface area contributed by atoms with Crippen molar-refractivity contribution in [3.63, 3.8) is 0 Å². The van der Waals surface area contributed by atoms with Crippen molar-refractivity contribution >= 4 is 17.6 Å². The van der Waals surface area contributed by atoms with Crippen molar-refractivity contribution < 1.29 is 14.4 Å². The van der Waals surface area contributed by atoms with Crippen LogP contribution in [0.15, 0.2) is 0 Å². The van der Waals surface area contributed by atoms with Gasteiger partial charge in [0.05, 0.1) is 0 Å². The normalized spacial score (nSPS) is 12.8. The predicted octanol–water partition coefficient (Wildman–Crippen LogP) is 0.0908. The van der Waals surface area contributed by atoms with Crippen LogP contribution in [0.2, 0.25) is 0 Å². The highest BCUT2D eigenvalue weighted by Gasteiger charge is 2.30. The smallest absolute Gasteiger partial charge is 0.242 e. The molecule has 0 radical (unpaired) electrons. The van der Waals surface area contributed by atoms with Gasteiger partial charge in [-0.3, -0.25) is 9.59 Å². The topological polar surface area (TPSA) is 115 Å².